The zero-order valence-corrected chi connectivity index (χ0v) is 33.7. The summed E-state index contributed by atoms with van der Waals surface area (Å²) in [5.74, 6) is 1.48. The summed E-state index contributed by atoms with van der Waals surface area (Å²) in [6, 6.07) is 8.62. The van der Waals surface area contributed by atoms with E-state index in [9.17, 15) is 19.8 Å². The first-order valence-electron chi connectivity index (χ1n) is 19.8. The first kappa shape index (κ1) is 36.8. The molecule has 7 aliphatic rings. The molecule has 3 aromatic carbocycles. The molecule has 13 nitrogen and oxygen atoms in total. The molecule has 300 valence electrons. The quantitative estimate of drug-likeness (QED) is 0.136. The number of nitrogens with zero attached hydrogens (tertiary/aromatic N) is 1. The lowest BCUT2D eigenvalue weighted by atomic mass is 9.69. The number of aromatic hydroxyl groups is 1. The number of thioether (sulfide) groups is 1. The van der Waals surface area contributed by atoms with Gasteiger partial charge in [-0.05, 0) is 55.9 Å². The van der Waals surface area contributed by atoms with Crippen molar-refractivity contribution in [2.45, 2.75) is 100 Å². The van der Waals surface area contributed by atoms with Crippen LogP contribution in [-0.4, -0.2) is 89.1 Å². The van der Waals surface area contributed by atoms with E-state index in [0.717, 1.165) is 50.0 Å². The number of aryl methyl sites for hydroxylation is 1. The standard InChI is InChI=1S/C43H48N4O9S/c1-18-13-25-19(2)32-21(4)47-28-11-12-53-42(51)43(41-26(14-23(15-48)46-43)24-9-7-8-10-27(24)44-41)16-57-40(34(47)33(45-32)29(25)35(50)36(18)52-6)31-30(28)39-38(54-17-55-39)20(3)37(31)56-22(5)49/h7-10,13,19,21,23,28,32-34,40,44-46,48,50H,11-12,14-17H2,1-6H3/t19?,21-,23-,28-,32-,33+,34+,40+,43+/m0/s1. The van der Waals surface area contributed by atoms with Gasteiger partial charge >= 0.3 is 11.9 Å². The number of esters is 2. The van der Waals surface area contributed by atoms with Gasteiger partial charge in [0.25, 0.3) is 0 Å². The third kappa shape index (κ3) is 5.09. The molecule has 2 fully saturated rings. The number of phenols is 1. The maximum atomic E-state index is 14.9. The Morgan fingerprint density at radius 2 is 1.88 bits per heavy atom. The van der Waals surface area contributed by atoms with Crippen LogP contribution in [0.3, 0.4) is 0 Å². The Hall–Kier alpha value is -4.47. The van der Waals surface area contributed by atoms with Crippen LogP contribution < -0.4 is 29.6 Å². The lowest BCUT2D eigenvalue weighted by Crippen LogP contribution is -2.68. The second kappa shape index (κ2) is 13.3. The summed E-state index contributed by atoms with van der Waals surface area (Å²) >= 11 is 1.58. The van der Waals surface area contributed by atoms with E-state index in [-0.39, 0.29) is 61.6 Å². The SMILES string of the molecule is COc1c(C)cc2c(c1O)[C@H]1N[C@@H](C2C)[C@H](C)N2[C@H]1[C@@H]1SC[C@]3(N[C@H](CO)Cc4c3[nH]c3ccccc43)C(=O)OCC[C@H]2c2c3c(c(C)c(OC(C)=O)c21)OCO3. The number of nitrogens with one attached hydrogen (secondary N) is 3. The van der Waals surface area contributed by atoms with Crippen LogP contribution in [0.25, 0.3) is 10.9 Å². The van der Waals surface area contributed by atoms with Gasteiger partial charge in [-0.3, -0.25) is 15.0 Å². The van der Waals surface area contributed by atoms with Crippen molar-refractivity contribution in [3.63, 3.8) is 0 Å². The van der Waals surface area contributed by atoms with Crippen molar-refractivity contribution in [2.75, 3.05) is 32.9 Å². The van der Waals surface area contributed by atoms with Crippen molar-refractivity contribution >= 4 is 34.6 Å². The zero-order valence-electron chi connectivity index (χ0n) is 32.9. The molecule has 4 aromatic rings. The predicted molar refractivity (Wildman–Crippen MR) is 212 cm³/mol. The Kier molecular flexibility index (Phi) is 8.58. The number of methoxy groups -OCH3 is 1. The summed E-state index contributed by atoms with van der Waals surface area (Å²) in [7, 11) is 1.58. The summed E-state index contributed by atoms with van der Waals surface area (Å²) in [5.41, 5.74) is 6.28. The van der Waals surface area contributed by atoms with Crippen LogP contribution in [-0.2, 0) is 26.3 Å². The van der Waals surface area contributed by atoms with Crippen molar-refractivity contribution in [2.24, 2.45) is 0 Å². The summed E-state index contributed by atoms with van der Waals surface area (Å²) in [5, 5.41) is 31.0. The van der Waals surface area contributed by atoms with Crippen LogP contribution >= 0.6 is 11.8 Å². The largest absolute Gasteiger partial charge is 0.504 e. The van der Waals surface area contributed by atoms with Crippen LogP contribution in [0.1, 0.15) is 95.1 Å². The van der Waals surface area contributed by atoms with Crippen molar-refractivity contribution in [1.29, 1.82) is 0 Å². The molecular weight excluding hydrogens is 749 g/mol. The molecule has 7 aliphatic heterocycles. The van der Waals surface area contributed by atoms with Gasteiger partial charge in [0.1, 0.15) is 5.75 Å². The lowest BCUT2D eigenvalue weighted by molar-refractivity contribution is -0.153. The number of aromatic nitrogens is 1. The molecule has 9 atom stereocenters. The topological polar surface area (TPSA) is 164 Å². The second-order valence-electron chi connectivity index (χ2n) is 16.5. The number of aliphatic hydroxyl groups excluding tert-OH is 1. The number of para-hydroxylation sites is 1. The fraction of sp³-hybridized carbons (Fsp3) is 0.488. The summed E-state index contributed by atoms with van der Waals surface area (Å²) in [6.45, 7) is 9.63. The van der Waals surface area contributed by atoms with E-state index in [1.54, 1.807) is 18.9 Å². The minimum absolute atomic E-state index is 0.00232. The number of benzene rings is 3. The zero-order chi connectivity index (χ0) is 39.7. The van der Waals surface area contributed by atoms with E-state index >= 15 is 0 Å². The minimum atomic E-state index is -1.37. The second-order valence-corrected chi connectivity index (χ2v) is 17.6. The number of hydrogen-bond donors (Lipinski definition) is 5. The van der Waals surface area contributed by atoms with E-state index in [1.165, 1.54) is 6.92 Å². The number of rotatable bonds is 3. The van der Waals surface area contributed by atoms with Gasteiger partial charge in [0.2, 0.25) is 6.79 Å². The van der Waals surface area contributed by atoms with Crippen LogP contribution in [0.15, 0.2) is 30.3 Å². The number of phenolic OH excluding ortho intramolecular Hbond substituents is 1. The summed E-state index contributed by atoms with van der Waals surface area (Å²) in [6.07, 6.45) is 0.929. The smallest absolute Gasteiger partial charge is 0.333 e. The number of ether oxygens (including phenoxy) is 5. The minimum Gasteiger partial charge on any atom is -0.504 e. The molecule has 1 unspecified atom stereocenters. The third-order valence-electron chi connectivity index (χ3n) is 13.5. The van der Waals surface area contributed by atoms with Crippen LogP contribution in [0.2, 0.25) is 0 Å². The van der Waals surface area contributed by atoms with Gasteiger partial charge in [-0.1, -0.05) is 31.2 Å². The molecule has 14 heteroatoms. The highest BCUT2D eigenvalue weighted by atomic mass is 32.2. The number of H-pyrrole nitrogens is 1. The molecule has 0 amide bonds. The number of piperazine rings is 1. The predicted octanol–water partition coefficient (Wildman–Crippen LogP) is 5.22. The summed E-state index contributed by atoms with van der Waals surface area (Å²) in [4.78, 5) is 34.1. The molecule has 0 saturated carbocycles. The maximum absolute atomic E-state index is 14.9. The molecule has 0 aliphatic carbocycles. The van der Waals surface area contributed by atoms with Crippen molar-refractivity contribution in [1.82, 2.24) is 20.5 Å². The normalized spacial score (nSPS) is 31.2. The average molecular weight is 797 g/mol. The molecule has 0 radical (unpaired) electrons. The van der Waals surface area contributed by atoms with E-state index < -0.39 is 34.8 Å². The number of aromatic amines is 1. The first-order valence-corrected chi connectivity index (χ1v) is 20.9. The van der Waals surface area contributed by atoms with E-state index in [2.05, 4.69) is 40.4 Å². The highest BCUT2D eigenvalue weighted by Crippen LogP contribution is 2.64. The van der Waals surface area contributed by atoms with Crippen molar-refractivity contribution < 1.29 is 43.5 Å². The lowest BCUT2D eigenvalue weighted by Gasteiger charge is -2.61. The van der Waals surface area contributed by atoms with Crippen LogP contribution in [0.5, 0.6) is 28.7 Å². The van der Waals surface area contributed by atoms with Gasteiger partial charge in [-0.25, -0.2) is 4.79 Å². The number of aliphatic hydroxyl groups is 1. The Labute approximate surface area is 334 Å². The van der Waals surface area contributed by atoms with Gasteiger partial charge in [0.15, 0.2) is 28.5 Å². The molecule has 57 heavy (non-hydrogen) atoms. The monoisotopic (exact) mass is 796 g/mol. The van der Waals surface area contributed by atoms with E-state index in [1.807, 2.05) is 38.1 Å². The number of hydrogen-bond acceptors (Lipinski definition) is 13. The molecular formula is C43H48N4O9S. The van der Waals surface area contributed by atoms with Gasteiger partial charge in [0, 0.05) is 82.5 Å². The molecule has 8 heterocycles. The van der Waals surface area contributed by atoms with Crippen LogP contribution in [0, 0.1) is 13.8 Å². The fourth-order valence-corrected chi connectivity index (χ4v) is 12.9. The number of carbonyl (C=O) groups excluding carboxylic acids is 2. The average Bonchev–Trinajstić information content (AvgIpc) is 3.83. The fourth-order valence-electron chi connectivity index (χ4n) is 11.2. The number of fused-ring (bicyclic) bond motifs is 12. The molecule has 1 aromatic heterocycles. The van der Waals surface area contributed by atoms with Gasteiger partial charge < -0.3 is 44.2 Å². The molecule has 4 bridgehead atoms. The maximum Gasteiger partial charge on any atom is 0.333 e. The number of carbonyl (C=O) groups is 2. The van der Waals surface area contributed by atoms with Gasteiger partial charge in [0.05, 0.1) is 37.3 Å². The highest BCUT2D eigenvalue weighted by molar-refractivity contribution is 7.99. The third-order valence-corrected chi connectivity index (χ3v) is 15.0. The van der Waals surface area contributed by atoms with E-state index in [4.69, 9.17) is 23.7 Å². The molecule has 2 saturated heterocycles. The van der Waals surface area contributed by atoms with Crippen molar-refractivity contribution in [3.8, 4) is 28.7 Å². The Bertz CT molecular complexity index is 2360. The molecule has 1 spiro atoms. The molecule has 5 N–H and O–H groups in total. The van der Waals surface area contributed by atoms with Gasteiger partial charge in [-0.15, -0.1) is 11.8 Å². The summed E-state index contributed by atoms with van der Waals surface area (Å²) < 4.78 is 30.9. The Morgan fingerprint density at radius 3 is 2.65 bits per heavy atom. The first-order chi connectivity index (χ1) is 27.5. The van der Waals surface area contributed by atoms with Crippen LogP contribution in [0.4, 0.5) is 0 Å². The van der Waals surface area contributed by atoms with Crippen molar-refractivity contribution in [3.05, 3.63) is 75.0 Å². The molecule has 11 rings (SSSR count). The Balaban J connectivity index is 1.25. The van der Waals surface area contributed by atoms with Gasteiger partial charge in [-0.2, -0.15) is 0 Å². The van der Waals surface area contributed by atoms with E-state index in [0.29, 0.717) is 41.4 Å². The Morgan fingerprint density at radius 1 is 1.09 bits per heavy atom. The highest BCUT2D eigenvalue weighted by Gasteiger charge is 2.60.